The van der Waals surface area contributed by atoms with Crippen molar-refractivity contribution in [3.63, 3.8) is 0 Å². The summed E-state index contributed by atoms with van der Waals surface area (Å²) >= 11 is 0. The van der Waals surface area contributed by atoms with Gasteiger partial charge in [0.15, 0.2) is 11.5 Å². The molecule has 0 amide bonds. The molecular formula is C13H19NO3. The van der Waals surface area contributed by atoms with Crippen molar-refractivity contribution in [3.05, 3.63) is 18.2 Å². The van der Waals surface area contributed by atoms with E-state index in [1.54, 1.807) is 7.11 Å². The van der Waals surface area contributed by atoms with Gasteiger partial charge in [0, 0.05) is 18.9 Å². The van der Waals surface area contributed by atoms with Crippen molar-refractivity contribution >= 4 is 5.69 Å². The fraction of sp³-hybridized carbons (Fsp3) is 0.538. The SMILES string of the molecule is COCC(Nc1ccc2c(c1)OCO2)C(C)C. The number of benzene rings is 1. The number of rotatable bonds is 5. The van der Waals surface area contributed by atoms with E-state index in [0.29, 0.717) is 25.4 Å². The molecule has 17 heavy (non-hydrogen) atoms. The van der Waals surface area contributed by atoms with Crippen molar-refractivity contribution in [1.82, 2.24) is 0 Å². The molecule has 1 N–H and O–H groups in total. The molecule has 0 spiro atoms. The monoisotopic (exact) mass is 237 g/mol. The van der Waals surface area contributed by atoms with Gasteiger partial charge in [0.2, 0.25) is 6.79 Å². The van der Waals surface area contributed by atoms with Gasteiger partial charge in [0.25, 0.3) is 0 Å². The van der Waals surface area contributed by atoms with Crippen LogP contribution >= 0.6 is 0 Å². The first-order chi connectivity index (χ1) is 8.20. The first kappa shape index (κ1) is 12.0. The lowest BCUT2D eigenvalue weighted by molar-refractivity contribution is 0.171. The van der Waals surface area contributed by atoms with Gasteiger partial charge in [-0.25, -0.2) is 0 Å². The highest BCUT2D eigenvalue weighted by molar-refractivity contribution is 5.56. The van der Waals surface area contributed by atoms with Crippen LogP contribution in [0.25, 0.3) is 0 Å². The van der Waals surface area contributed by atoms with Gasteiger partial charge in [-0.15, -0.1) is 0 Å². The quantitative estimate of drug-likeness (QED) is 0.854. The first-order valence-corrected chi connectivity index (χ1v) is 5.86. The Kier molecular flexibility index (Phi) is 3.74. The third kappa shape index (κ3) is 2.82. The third-order valence-corrected chi connectivity index (χ3v) is 2.88. The molecule has 0 bridgehead atoms. The molecule has 1 unspecified atom stereocenters. The Morgan fingerprint density at radius 2 is 2.06 bits per heavy atom. The molecule has 4 heteroatoms. The van der Waals surface area contributed by atoms with Crippen LogP contribution in [-0.4, -0.2) is 26.6 Å². The van der Waals surface area contributed by atoms with Crippen LogP contribution in [0.15, 0.2) is 18.2 Å². The van der Waals surface area contributed by atoms with Crippen molar-refractivity contribution in [2.24, 2.45) is 5.92 Å². The summed E-state index contributed by atoms with van der Waals surface area (Å²) in [6.45, 7) is 5.34. The minimum Gasteiger partial charge on any atom is -0.454 e. The molecule has 1 aliphatic rings. The Labute approximate surface area is 102 Å². The summed E-state index contributed by atoms with van der Waals surface area (Å²) < 4.78 is 15.8. The Morgan fingerprint density at radius 3 is 2.76 bits per heavy atom. The van der Waals surface area contributed by atoms with Crippen LogP contribution in [0.4, 0.5) is 5.69 Å². The fourth-order valence-electron chi connectivity index (χ4n) is 1.78. The Bertz CT molecular complexity index is 379. The van der Waals surface area contributed by atoms with Gasteiger partial charge in [-0.1, -0.05) is 13.8 Å². The summed E-state index contributed by atoms with van der Waals surface area (Å²) in [5.41, 5.74) is 1.03. The highest BCUT2D eigenvalue weighted by Gasteiger charge is 2.16. The van der Waals surface area contributed by atoms with E-state index >= 15 is 0 Å². The number of nitrogens with one attached hydrogen (secondary N) is 1. The molecule has 0 saturated carbocycles. The fourth-order valence-corrected chi connectivity index (χ4v) is 1.78. The highest BCUT2D eigenvalue weighted by atomic mass is 16.7. The average molecular weight is 237 g/mol. The largest absolute Gasteiger partial charge is 0.454 e. The predicted molar refractivity (Wildman–Crippen MR) is 66.7 cm³/mol. The van der Waals surface area contributed by atoms with Crippen LogP contribution in [0, 0.1) is 5.92 Å². The molecule has 0 saturated heterocycles. The Balaban J connectivity index is 2.07. The van der Waals surface area contributed by atoms with E-state index in [2.05, 4.69) is 19.2 Å². The topological polar surface area (TPSA) is 39.7 Å². The first-order valence-electron chi connectivity index (χ1n) is 5.86. The molecule has 0 radical (unpaired) electrons. The van der Waals surface area contributed by atoms with Gasteiger partial charge >= 0.3 is 0 Å². The molecule has 94 valence electrons. The molecule has 1 aliphatic heterocycles. The summed E-state index contributed by atoms with van der Waals surface area (Å²) in [5, 5.41) is 3.45. The average Bonchev–Trinajstić information content (AvgIpc) is 2.75. The van der Waals surface area contributed by atoms with Crippen LogP contribution in [-0.2, 0) is 4.74 Å². The molecular weight excluding hydrogens is 218 g/mol. The van der Waals surface area contributed by atoms with Gasteiger partial charge in [-0.3, -0.25) is 0 Å². The second-order valence-electron chi connectivity index (χ2n) is 4.52. The van der Waals surface area contributed by atoms with Gasteiger partial charge < -0.3 is 19.5 Å². The molecule has 1 aromatic rings. The lowest BCUT2D eigenvalue weighted by Gasteiger charge is -2.22. The van der Waals surface area contributed by atoms with E-state index in [1.807, 2.05) is 18.2 Å². The Hall–Kier alpha value is -1.42. The molecule has 4 nitrogen and oxygen atoms in total. The van der Waals surface area contributed by atoms with E-state index in [0.717, 1.165) is 17.2 Å². The molecule has 1 heterocycles. The minimum atomic E-state index is 0.292. The highest BCUT2D eigenvalue weighted by Crippen LogP contribution is 2.34. The van der Waals surface area contributed by atoms with Crippen LogP contribution < -0.4 is 14.8 Å². The number of fused-ring (bicyclic) bond motifs is 1. The van der Waals surface area contributed by atoms with Gasteiger partial charge in [-0.2, -0.15) is 0 Å². The zero-order valence-corrected chi connectivity index (χ0v) is 10.5. The van der Waals surface area contributed by atoms with E-state index in [-0.39, 0.29) is 0 Å². The summed E-state index contributed by atoms with van der Waals surface area (Å²) in [6, 6.07) is 6.18. The number of hydrogen-bond acceptors (Lipinski definition) is 4. The zero-order chi connectivity index (χ0) is 12.3. The van der Waals surface area contributed by atoms with Crippen molar-refractivity contribution in [3.8, 4) is 11.5 Å². The van der Waals surface area contributed by atoms with E-state index in [4.69, 9.17) is 14.2 Å². The summed E-state index contributed by atoms with van der Waals surface area (Å²) in [4.78, 5) is 0. The summed E-state index contributed by atoms with van der Waals surface area (Å²) in [5.74, 6) is 2.11. The van der Waals surface area contributed by atoms with E-state index < -0.39 is 0 Å². The molecule has 0 aromatic heterocycles. The number of methoxy groups -OCH3 is 1. The van der Waals surface area contributed by atoms with Gasteiger partial charge in [-0.05, 0) is 18.1 Å². The third-order valence-electron chi connectivity index (χ3n) is 2.88. The number of anilines is 1. The minimum absolute atomic E-state index is 0.292. The maximum absolute atomic E-state index is 5.35. The number of hydrogen-bond donors (Lipinski definition) is 1. The Morgan fingerprint density at radius 1 is 1.29 bits per heavy atom. The lowest BCUT2D eigenvalue weighted by Crippen LogP contribution is -2.30. The molecule has 2 rings (SSSR count). The van der Waals surface area contributed by atoms with Crippen LogP contribution in [0.5, 0.6) is 11.5 Å². The normalized spacial score (nSPS) is 15.1. The standard InChI is InChI=1S/C13H19NO3/c1-9(2)11(7-15-3)14-10-4-5-12-13(6-10)17-8-16-12/h4-6,9,11,14H,7-8H2,1-3H3. The van der Waals surface area contributed by atoms with Gasteiger partial charge in [0.1, 0.15) is 0 Å². The van der Waals surface area contributed by atoms with Crippen molar-refractivity contribution in [2.75, 3.05) is 25.8 Å². The van der Waals surface area contributed by atoms with E-state index in [1.165, 1.54) is 0 Å². The van der Waals surface area contributed by atoms with Crippen molar-refractivity contribution in [2.45, 2.75) is 19.9 Å². The maximum atomic E-state index is 5.35. The predicted octanol–water partition coefficient (Wildman–Crippen LogP) is 2.50. The maximum Gasteiger partial charge on any atom is 0.231 e. The number of ether oxygens (including phenoxy) is 3. The smallest absolute Gasteiger partial charge is 0.231 e. The summed E-state index contributed by atoms with van der Waals surface area (Å²) in [7, 11) is 1.72. The van der Waals surface area contributed by atoms with Crippen LogP contribution in [0.1, 0.15) is 13.8 Å². The van der Waals surface area contributed by atoms with E-state index in [9.17, 15) is 0 Å². The molecule has 0 fully saturated rings. The second kappa shape index (κ2) is 5.27. The van der Waals surface area contributed by atoms with Crippen LogP contribution in [0.2, 0.25) is 0 Å². The zero-order valence-electron chi connectivity index (χ0n) is 10.5. The van der Waals surface area contributed by atoms with Gasteiger partial charge in [0.05, 0.1) is 12.6 Å². The second-order valence-corrected chi connectivity index (χ2v) is 4.52. The molecule has 1 atom stereocenters. The molecule has 1 aromatic carbocycles. The molecule has 0 aliphatic carbocycles. The van der Waals surface area contributed by atoms with Crippen LogP contribution in [0.3, 0.4) is 0 Å². The summed E-state index contributed by atoms with van der Waals surface area (Å²) in [6.07, 6.45) is 0. The lowest BCUT2D eigenvalue weighted by atomic mass is 10.0. The van der Waals surface area contributed by atoms with Crippen molar-refractivity contribution < 1.29 is 14.2 Å². The van der Waals surface area contributed by atoms with Crippen molar-refractivity contribution in [1.29, 1.82) is 0 Å².